The Hall–Kier alpha value is -1.57. The third kappa shape index (κ3) is 2.97. The number of rotatable bonds is 4. The zero-order valence-electron chi connectivity index (χ0n) is 12.3. The molecule has 0 saturated carbocycles. The van der Waals surface area contributed by atoms with Gasteiger partial charge in [0.05, 0.1) is 24.8 Å². The number of likely N-dealkylation sites (tertiary alicyclic amines) is 1. The lowest BCUT2D eigenvalue weighted by Crippen LogP contribution is -2.33. The van der Waals surface area contributed by atoms with Crippen LogP contribution in [-0.4, -0.2) is 51.2 Å². The molecule has 0 unspecified atom stereocenters. The number of hydrogen-bond acceptors (Lipinski definition) is 7. The highest BCUT2D eigenvalue weighted by Gasteiger charge is 2.45. The lowest BCUT2D eigenvalue weighted by molar-refractivity contribution is 0.0120. The van der Waals surface area contributed by atoms with Crippen molar-refractivity contribution in [2.45, 2.75) is 31.0 Å². The molecule has 0 aromatic carbocycles. The summed E-state index contributed by atoms with van der Waals surface area (Å²) < 4.78 is 6.16. The third-order valence-electron chi connectivity index (χ3n) is 4.35. The van der Waals surface area contributed by atoms with Crippen LogP contribution in [0.25, 0.3) is 0 Å². The van der Waals surface area contributed by atoms with Gasteiger partial charge in [0.25, 0.3) is 0 Å². The molecule has 4 heterocycles. The molecule has 2 aliphatic heterocycles. The van der Waals surface area contributed by atoms with Crippen LogP contribution in [0, 0.1) is 0 Å². The van der Waals surface area contributed by atoms with Gasteiger partial charge in [-0.2, -0.15) is 0 Å². The highest BCUT2D eigenvalue weighted by Crippen LogP contribution is 2.36. The summed E-state index contributed by atoms with van der Waals surface area (Å²) in [6.07, 6.45) is 7.49. The van der Waals surface area contributed by atoms with Crippen LogP contribution in [0.4, 0.5) is 5.95 Å². The highest BCUT2D eigenvalue weighted by atomic mass is 32.1. The van der Waals surface area contributed by atoms with Crippen LogP contribution in [0.3, 0.4) is 0 Å². The van der Waals surface area contributed by atoms with Crippen molar-refractivity contribution in [1.82, 2.24) is 19.9 Å². The van der Waals surface area contributed by atoms with Gasteiger partial charge in [0.15, 0.2) is 0 Å². The van der Waals surface area contributed by atoms with E-state index in [9.17, 15) is 0 Å². The molecule has 2 aromatic heterocycles. The molecule has 2 atom stereocenters. The van der Waals surface area contributed by atoms with Crippen LogP contribution in [0.5, 0.6) is 0 Å². The number of anilines is 1. The molecular weight excluding hydrogens is 298 g/mol. The van der Waals surface area contributed by atoms with Gasteiger partial charge in [0.1, 0.15) is 5.01 Å². The number of nitrogens with zero attached hydrogens (tertiary/aromatic N) is 4. The van der Waals surface area contributed by atoms with Crippen LogP contribution in [-0.2, 0) is 11.3 Å². The Bertz CT molecular complexity index is 608. The van der Waals surface area contributed by atoms with Gasteiger partial charge >= 0.3 is 0 Å². The molecule has 4 rings (SSSR count). The molecule has 0 aliphatic carbocycles. The number of hydrogen-bond donors (Lipinski definition) is 1. The average Bonchev–Trinajstić information content (AvgIpc) is 3.25. The molecule has 0 radical (unpaired) electrons. The minimum Gasteiger partial charge on any atom is -0.371 e. The van der Waals surface area contributed by atoms with E-state index in [1.165, 1.54) is 5.01 Å². The first-order valence-corrected chi connectivity index (χ1v) is 8.48. The van der Waals surface area contributed by atoms with E-state index >= 15 is 0 Å². The fraction of sp³-hybridized carbons (Fsp3) is 0.533. The molecule has 2 aliphatic rings. The summed E-state index contributed by atoms with van der Waals surface area (Å²) in [5.41, 5.74) is -0.0102. The molecule has 6 nitrogen and oxygen atoms in total. The molecule has 2 fully saturated rings. The maximum Gasteiger partial charge on any atom is 0.222 e. The van der Waals surface area contributed by atoms with E-state index < -0.39 is 0 Å². The Labute approximate surface area is 133 Å². The summed E-state index contributed by atoms with van der Waals surface area (Å²) in [6, 6.07) is 2.12. The Kier molecular flexibility index (Phi) is 3.77. The Morgan fingerprint density at radius 2 is 2.23 bits per heavy atom. The van der Waals surface area contributed by atoms with Crippen molar-refractivity contribution in [3.05, 3.63) is 35.0 Å². The third-order valence-corrected chi connectivity index (χ3v) is 5.11. The number of nitrogens with one attached hydrogen (secondary N) is 1. The first-order chi connectivity index (χ1) is 10.8. The topological polar surface area (TPSA) is 63.2 Å². The van der Waals surface area contributed by atoms with Crippen molar-refractivity contribution in [3.63, 3.8) is 0 Å². The molecule has 7 heteroatoms. The summed E-state index contributed by atoms with van der Waals surface area (Å²) in [7, 11) is 0. The summed E-state index contributed by atoms with van der Waals surface area (Å²) in [5, 5.41) is 6.59. The largest absolute Gasteiger partial charge is 0.371 e. The van der Waals surface area contributed by atoms with Crippen molar-refractivity contribution in [3.8, 4) is 0 Å². The van der Waals surface area contributed by atoms with Gasteiger partial charge in [-0.3, -0.25) is 4.90 Å². The van der Waals surface area contributed by atoms with Gasteiger partial charge in [0, 0.05) is 43.5 Å². The minimum absolute atomic E-state index is 0.0102. The lowest BCUT2D eigenvalue weighted by Gasteiger charge is -2.23. The van der Waals surface area contributed by atoms with E-state index in [0.717, 1.165) is 39.1 Å². The second-order valence-corrected chi connectivity index (χ2v) is 6.98. The molecule has 0 bridgehead atoms. The predicted octanol–water partition coefficient (Wildman–Crippen LogP) is 1.78. The normalized spacial score (nSPS) is 28.5. The zero-order chi connectivity index (χ0) is 14.8. The molecule has 116 valence electrons. The van der Waals surface area contributed by atoms with Crippen molar-refractivity contribution in [1.29, 1.82) is 0 Å². The zero-order valence-corrected chi connectivity index (χ0v) is 13.1. The van der Waals surface area contributed by atoms with Crippen molar-refractivity contribution < 1.29 is 4.74 Å². The SMILES string of the molecule is c1cnc(N[C@H]2CO[C@]3(CCN(Cc4nccs4)C3)C2)nc1. The van der Waals surface area contributed by atoms with Crippen LogP contribution in [0.2, 0.25) is 0 Å². The Balaban J connectivity index is 1.34. The molecule has 0 amide bonds. The first-order valence-electron chi connectivity index (χ1n) is 7.60. The van der Waals surface area contributed by atoms with Crippen LogP contribution in [0.1, 0.15) is 17.8 Å². The molecule has 2 aromatic rings. The maximum absolute atomic E-state index is 6.16. The van der Waals surface area contributed by atoms with Gasteiger partial charge < -0.3 is 10.1 Å². The molecule has 1 N–H and O–H groups in total. The van der Waals surface area contributed by atoms with Gasteiger partial charge in [-0.25, -0.2) is 15.0 Å². The molecule has 1 spiro atoms. The summed E-state index contributed by atoms with van der Waals surface area (Å²) in [5.74, 6) is 0.686. The monoisotopic (exact) mass is 317 g/mol. The maximum atomic E-state index is 6.16. The molecular formula is C15H19N5OS. The van der Waals surface area contributed by atoms with E-state index in [1.807, 2.05) is 17.6 Å². The first kappa shape index (κ1) is 14.0. The minimum atomic E-state index is -0.0102. The second-order valence-electron chi connectivity index (χ2n) is 6.00. The van der Waals surface area contributed by atoms with Crippen molar-refractivity contribution >= 4 is 17.3 Å². The Morgan fingerprint density at radius 3 is 3.05 bits per heavy atom. The molecule has 22 heavy (non-hydrogen) atoms. The van der Waals surface area contributed by atoms with Crippen LogP contribution in [0.15, 0.2) is 30.0 Å². The van der Waals surface area contributed by atoms with Gasteiger partial charge in [-0.05, 0) is 12.5 Å². The van der Waals surface area contributed by atoms with Crippen molar-refractivity contribution in [2.75, 3.05) is 25.0 Å². The lowest BCUT2D eigenvalue weighted by atomic mass is 9.97. The van der Waals surface area contributed by atoms with Crippen LogP contribution < -0.4 is 5.32 Å². The quantitative estimate of drug-likeness (QED) is 0.927. The van der Waals surface area contributed by atoms with Gasteiger partial charge in [-0.1, -0.05) is 0 Å². The number of thiazole rings is 1. The summed E-state index contributed by atoms with van der Waals surface area (Å²) >= 11 is 1.72. The van der Waals surface area contributed by atoms with Crippen molar-refractivity contribution in [2.24, 2.45) is 0 Å². The van der Waals surface area contributed by atoms with E-state index in [4.69, 9.17) is 4.74 Å². The number of aromatic nitrogens is 3. The van der Waals surface area contributed by atoms with E-state index in [-0.39, 0.29) is 5.60 Å². The Morgan fingerprint density at radius 1 is 1.32 bits per heavy atom. The van der Waals surface area contributed by atoms with E-state index in [1.54, 1.807) is 23.7 Å². The second kappa shape index (κ2) is 5.91. The van der Waals surface area contributed by atoms with E-state index in [2.05, 4.69) is 25.2 Å². The fourth-order valence-electron chi connectivity index (χ4n) is 3.36. The average molecular weight is 317 g/mol. The summed E-state index contributed by atoms with van der Waals surface area (Å²) in [4.78, 5) is 15.3. The van der Waals surface area contributed by atoms with Crippen LogP contribution >= 0.6 is 11.3 Å². The summed E-state index contributed by atoms with van der Waals surface area (Å²) in [6.45, 7) is 3.72. The molecule has 2 saturated heterocycles. The predicted molar refractivity (Wildman–Crippen MR) is 84.8 cm³/mol. The fourth-order valence-corrected chi connectivity index (χ4v) is 4.02. The number of ether oxygens (including phenoxy) is 1. The smallest absolute Gasteiger partial charge is 0.222 e. The van der Waals surface area contributed by atoms with E-state index in [0.29, 0.717) is 12.0 Å². The highest BCUT2D eigenvalue weighted by molar-refractivity contribution is 7.09. The van der Waals surface area contributed by atoms with Gasteiger partial charge in [-0.15, -0.1) is 11.3 Å². The standard InChI is InChI=1S/C15H19N5OS/c1-3-17-14(18-4-1)19-12-8-15(21-10-12)2-6-20(11-15)9-13-16-5-7-22-13/h1,3-5,7,12H,2,6,8-11H2,(H,17,18,19)/t12-,15-/m1/s1. The van der Waals surface area contributed by atoms with Gasteiger partial charge in [0.2, 0.25) is 5.95 Å².